The van der Waals surface area contributed by atoms with Crippen molar-refractivity contribution >= 4 is 10.1 Å². The minimum absolute atomic E-state index is 0. The van der Waals surface area contributed by atoms with Crippen molar-refractivity contribution in [2.45, 2.75) is 88.9 Å². The fraction of sp³-hybridized carbons (Fsp3) is 0.619. The van der Waals surface area contributed by atoms with Crippen molar-refractivity contribution in [2.24, 2.45) is 0 Å². The normalized spacial score (nSPS) is 11.2. The SMILES string of the molecule is C=CCc1c(CCCCCCCCCCCC)cccc1S(=O)(=O)[O-].[Na+]. The summed E-state index contributed by atoms with van der Waals surface area (Å²) in [4.78, 5) is -0.0861. The topological polar surface area (TPSA) is 57.2 Å². The number of hydrogen-bond donors (Lipinski definition) is 0. The van der Waals surface area contributed by atoms with E-state index in [-0.39, 0.29) is 34.5 Å². The number of hydrogen-bond acceptors (Lipinski definition) is 3. The molecule has 1 aromatic rings. The van der Waals surface area contributed by atoms with Crippen LogP contribution in [0.5, 0.6) is 0 Å². The molecule has 0 spiro atoms. The van der Waals surface area contributed by atoms with Crippen molar-refractivity contribution in [1.82, 2.24) is 0 Å². The summed E-state index contributed by atoms with van der Waals surface area (Å²) in [5.74, 6) is 0. The van der Waals surface area contributed by atoms with E-state index in [1.807, 2.05) is 6.07 Å². The molecule has 0 aliphatic carbocycles. The first-order valence-corrected chi connectivity index (χ1v) is 11.1. The van der Waals surface area contributed by atoms with Crippen molar-refractivity contribution in [2.75, 3.05) is 0 Å². The van der Waals surface area contributed by atoms with Gasteiger partial charge in [-0.05, 0) is 36.5 Å². The van der Waals surface area contributed by atoms with Crippen LogP contribution in [-0.2, 0) is 23.0 Å². The molecule has 3 nitrogen and oxygen atoms in total. The average molecular weight is 389 g/mol. The fourth-order valence-electron chi connectivity index (χ4n) is 3.26. The van der Waals surface area contributed by atoms with Crippen molar-refractivity contribution < 1.29 is 42.5 Å². The third kappa shape index (κ3) is 10.3. The molecule has 0 bridgehead atoms. The summed E-state index contributed by atoms with van der Waals surface area (Å²) in [6.07, 6.45) is 15.6. The van der Waals surface area contributed by atoms with E-state index in [0.29, 0.717) is 12.0 Å². The Kier molecular flexibility index (Phi) is 14.8. The number of aryl methyl sites for hydroxylation is 1. The number of rotatable bonds is 14. The number of benzene rings is 1. The van der Waals surface area contributed by atoms with Crippen molar-refractivity contribution in [3.05, 3.63) is 42.0 Å². The quantitative estimate of drug-likeness (QED) is 0.213. The maximum atomic E-state index is 11.4. The molecule has 0 heterocycles. The van der Waals surface area contributed by atoms with Crippen LogP contribution >= 0.6 is 0 Å². The van der Waals surface area contributed by atoms with Crippen LogP contribution in [0, 0.1) is 0 Å². The Balaban J connectivity index is 0.00000625. The standard InChI is InChI=1S/C21H34O3S.Na/c1-3-5-6-7-8-9-10-11-12-13-16-19-17-14-18-21(25(22,23)24)20(19)15-4-2;/h4,14,17-18H,2-3,5-13,15-16H2,1H3,(H,22,23,24);/q;+1/p-1. The number of unbranched alkanes of at least 4 members (excludes halogenated alkanes) is 9. The van der Waals surface area contributed by atoms with Gasteiger partial charge in [0.15, 0.2) is 0 Å². The van der Waals surface area contributed by atoms with Gasteiger partial charge in [0, 0.05) is 0 Å². The average Bonchev–Trinajstić information content (AvgIpc) is 2.57. The second kappa shape index (κ2) is 14.9. The molecule has 0 amide bonds. The van der Waals surface area contributed by atoms with Gasteiger partial charge in [-0.15, -0.1) is 6.58 Å². The van der Waals surface area contributed by atoms with Gasteiger partial charge in [-0.3, -0.25) is 0 Å². The van der Waals surface area contributed by atoms with E-state index in [0.717, 1.165) is 24.8 Å². The molecule has 0 N–H and O–H groups in total. The summed E-state index contributed by atoms with van der Waals surface area (Å²) in [6.45, 7) is 5.92. The zero-order valence-electron chi connectivity index (χ0n) is 16.6. The van der Waals surface area contributed by atoms with Crippen LogP contribution in [0.15, 0.2) is 35.7 Å². The summed E-state index contributed by atoms with van der Waals surface area (Å²) in [6, 6.07) is 5.01. The first kappa shape index (κ1) is 25.9. The Bertz CT molecular complexity index is 612. The van der Waals surface area contributed by atoms with E-state index in [2.05, 4.69) is 13.5 Å². The molecule has 142 valence electrons. The summed E-state index contributed by atoms with van der Waals surface area (Å²) < 4.78 is 34.3. The molecule has 1 aromatic carbocycles. The second-order valence-electron chi connectivity index (χ2n) is 6.77. The molecule has 0 unspecified atom stereocenters. The van der Waals surface area contributed by atoms with Crippen LogP contribution < -0.4 is 29.6 Å². The van der Waals surface area contributed by atoms with Gasteiger partial charge in [-0.2, -0.15) is 0 Å². The molecule has 26 heavy (non-hydrogen) atoms. The molecular weight excluding hydrogens is 355 g/mol. The fourth-order valence-corrected chi connectivity index (χ4v) is 4.02. The van der Waals surface area contributed by atoms with Gasteiger partial charge in [0.25, 0.3) is 0 Å². The first-order valence-electron chi connectivity index (χ1n) is 9.68. The van der Waals surface area contributed by atoms with Crippen molar-refractivity contribution in [3.8, 4) is 0 Å². The third-order valence-electron chi connectivity index (χ3n) is 4.65. The van der Waals surface area contributed by atoms with E-state index in [1.54, 1.807) is 12.1 Å². The minimum Gasteiger partial charge on any atom is -0.744 e. The van der Waals surface area contributed by atoms with Crippen LogP contribution in [0.1, 0.15) is 82.3 Å². The van der Waals surface area contributed by atoms with E-state index in [9.17, 15) is 13.0 Å². The van der Waals surface area contributed by atoms with E-state index in [1.165, 1.54) is 57.4 Å². The van der Waals surface area contributed by atoms with Gasteiger partial charge in [0.2, 0.25) is 0 Å². The van der Waals surface area contributed by atoms with Gasteiger partial charge in [0.1, 0.15) is 10.1 Å². The number of allylic oxidation sites excluding steroid dienone is 1. The van der Waals surface area contributed by atoms with Crippen LogP contribution in [0.3, 0.4) is 0 Å². The summed E-state index contributed by atoms with van der Waals surface area (Å²) in [5, 5.41) is 0. The maximum absolute atomic E-state index is 11.4. The molecule has 0 fully saturated rings. The van der Waals surface area contributed by atoms with Gasteiger partial charge < -0.3 is 4.55 Å². The van der Waals surface area contributed by atoms with Crippen LogP contribution in [0.4, 0.5) is 0 Å². The Hall–Kier alpha value is -0.130. The third-order valence-corrected chi connectivity index (χ3v) is 5.57. The first-order chi connectivity index (χ1) is 12.0. The van der Waals surface area contributed by atoms with Crippen molar-refractivity contribution in [1.29, 1.82) is 0 Å². The summed E-state index contributed by atoms with van der Waals surface area (Å²) in [7, 11) is -4.43. The second-order valence-corrected chi connectivity index (χ2v) is 8.12. The molecule has 0 radical (unpaired) electrons. The monoisotopic (exact) mass is 388 g/mol. The minimum atomic E-state index is -4.43. The van der Waals surface area contributed by atoms with Crippen molar-refractivity contribution in [3.63, 3.8) is 0 Å². The molecule has 0 aromatic heterocycles. The Morgan fingerprint density at radius 2 is 1.50 bits per heavy atom. The van der Waals surface area contributed by atoms with E-state index < -0.39 is 10.1 Å². The molecule has 0 atom stereocenters. The summed E-state index contributed by atoms with van der Waals surface area (Å²) >= 11 is 0. The smallest absolute Gasteiger partial charge is 0.744 e. The Morgan fingerprint density at radius 1 is 0.962 bits per heavy atom. The predicted octanol–water partition coefficient (Wildman–Crippen LogP) is 2.79. The van der Waals surface area contributed by atoms with Crippen LogP contribution in [0.2, 0.25) is 0 Å². The molecule has 1 rings (SSSR count). The summed E-state index contributed by atoms with van der Waals surface area (Å²) in [5.41, 5.74) is 1.60. The zero-order chi connectivity index (χ0) is 18.5. The van der Waals surface area contributed by atoms with Gasteiger partial charge in [0.05, 0.1) is 4.90 Å². The molecule has 0 aliphatic rings. The zero-order valence-corrected chi connectivity index (χ0v) is 19.5. The van der Waals surface area contributed by atoms with Gasteiger partial charge >= 0.3 is 29.6 Å². The molecule has 0 saturated carbocycles. The van der Waals surface area contributed by atoms with E-state index >= 15 is 0 Å². The Morgan fingerprint density at radius 3 is 2.00 bits per heavy atom. The van der Waals surface area contributed by atoms with Gasteiger partial charge in [-0.1, -0.05) is 82.9 Å². The molecule has 0 aliphatic heterocycles. The predicted molar refractivity (Wildman–Crippen MR) is 104 cm³/mol. The maximum Gasteiger partial charge on any atom is 1.00 e. The molecular formula is C21H33NaO3S. The van der Waals surface area contributed by atoms with Crippen LogP contribution in [-0.4, -0.2) is 13.0 Å². The van der Waals surface area contributed by atoms with E-state index in [4.69, 9.17) is 0 Å². The van der Waals surface area contributed by atoms with Gasteiger partial charge in [-0.25, -0.2) is 8.42 Å². The largest absolute Gasteiger partial charge is 1.00 e. The Labute approximate surface area is 182 Å². The molecule has 5 heteroatoms. The van der Waals surface area contributed by atoms with Crippen LogP contribution in [0.25, 0.3) is 0 Å². The molecule has 0 saturated heterocycles.